The van der Waals surface area contributed by atoms with E-state index >= 15 is 0 Å². The van der Waals surface area contributed by atoms with Gasteiger partial charge in [-0.15, -0.1) is 0 Å². The van der Waals surface area contributed by atoms with Crippen LogP contribution in [-0.4, -0.2) is 36.1 Å². The lowest BCUT2D eigenvalue weighted by atomic mass is 9.80. The minimum Gasteiger partial charge on any atom is -0.303 e. The van der Waals surface area contributed by atoms with Gasteiger partial charge in [-0.25, -0.2) is 0 Å². The number of piperidine rings is 1. The number of fused-ring (bicyclic) bond motifs is 2. The Bertz CT molecular complexity index is 279. The first-order valence-electron chi connectivity index (χ1n) is 5.74. The topological polar surface area (TPSA) is 39.1 Å². The van der Waals surface area contributed by atoms with Crippen LogP contribution in [0.2, 0.25) is 0 Å². The molecule has 1 saturated carbocycles. The summed E-state index contributed by atoms with van der Waals surface area (Å²) in [6.07, 6.45) is 4.80. The van der Waals surface area contributed by atoms with Gasteiger partial charge in [0.05, 0.1) is 6.07 Å². The molecule has 0 aromatic rings. The maximum absolute atomic E-state index is 9.41. The zero-order valence-corrected chi connectivity index (χ0v) is 8.50. The minimum atomic E-state index is -0.172. The van der Waals surface area contributed by atoms with Crippen LogP contribution in [-0.2, 0) is 0 Å². The molecule has 3 aliphatic rings. The molecule has 3 atom stereocenters. The SMILES string of the molecule is N#CC1(NC2CC2)CCN2CCC1C2. The van der Waals surface area contributed by atoms with Crippen LogP contribution < -0.4 is 5.32 Å². The molecule has 0 spiro atoms. The molecule has 2 heterocycles. The molecule has 14 heavy (non-hydrogen) atoms. The Morgan fingerprint density at radius 3 is 2.86 bits per heavy atom. The third-order valence-corrected chi connectivity index (χ3v) is 4.03. The van der Waals surface area contributed by atoms with E-state index in [1.165, 1.54) is 25.8 Å². The highest BCUT2D eigenvalue weighted by Gasteiger charge is 2.48. The molecule has 76 valence electrons. The number of nitrogens with zero attached hydrogens (tertiary/aromatic N) is 2. The Labute approximate surface area is 85.1 Å². The molecule has 2 aliphatic heterocycles. The van der Waals surface area contributed by atoms with Crippen molar-refractivity contribution < 1.29 is 0 Å². The first kappa shape index (κ1) is 8.70. The Hall–Kier alpha value is -0.590. The van der Waals surface area contributed by atoms with Crippen molar-refractivity contribution in [2.45, 2.75) is 37.3 Å². The zero-order chi connectivity index (χ0) is 9.60. The molecule has 0 aromatic heterocycles. The molecule has 3 heteroatoms. The quantitative estimate of drug-likeness (QED) is 0.699. The van der Waals surface area contributed by atoms with Gasteiger partial charge < -0.3 is 4.90 Å². The standard InChI is InChI=1S/C11H17N3/c12-8-11(13-10-1-2-10)4-6-14-5-3-9(11)7-14/h9-10,13H,1-7H2. The molecule has 3 fully saturated rings. The van der Waals surface area contributed by atoms with E-state index in [0.29, 0.717) is 12.0 Å². The summed E-state index contributed by atoms with van der Waals surface area (Å²) in [5.74, 6) is 0.585. The summed E-state index contributed by atoms with van der Waals surface area (Å²) in [6.45, 7) is 3.47. The van der Waals surface area contributed by atoms with Crippen molar-refractivity contribution in [1.82, 2.24) is 10.2 Å². The molecule has 2 saturated heterocycles. The average molecular weight is 191 g/mol. The van der Waals surface area contributed by atoms with Crippen LogP contribution in [0.5, 0.6) is 0 Å². The molecule has 3 rings (SSSR count). The van der Waals surface area contributed by atoms with Crippen LogP contribution in [0.25, 0.3) is 0 Å². The maximum Gasteiger partial charge on any atom is 0.112 e. The largest absolute Gasteiger partial charge is 0.303 e. The number of rotatable bonds is 2. The van der Waals surface area contributed by atoms with Gasteiger partial charge in [0.15, 0.2) is 0 Å². The van der Waals surface area contributed by atoms with Crippen LogP contribution in [0, 0.1) is 17.2 Å². The van der Waals surface area contributed by atoms with Gasteiger partial charge in [0, 0.05) is 25.0 Å². The van der Waals surface area contributed by atoms with E-state index < -0.39 is 0 Å². The second-order valence-electron chi connectivity index (χ2n) is 5.04. The third kappa shape index (κ3) is 1.25. The molecule has 1 N–H and O–H groups in total. The minimum absolute atomic E-state index is 0.172. The first-order chi connectivity index (χ1) is 6.82. The number of nitriles is 1. The van der Waals surface area contributed by atoms with Crippen molar-refractivity contribution in [2.75, 3.05) is 19.6 Å². The van der Waals surface area contributed by atoms with Crippen LogP contribution in [0.15, 0.2) is 0 Å². The van der Waals surface area contributed by atoms with Crippen molar-refractivity contribution in [3.05, 3.63) is 0 Å². The van der Waals surface area contributed by atoms with Gasteiger partial charge in [-0.2, -0.15) is 5.26 Å². The molecule has 0 radical (unpaired) electrons. The average Bonchev–Trinajstić information content (AvgIpc) is 2.93. The lowest BCUT2D eigenvalue weighted by Gasteiger charge is -2.38. The van der Waals surface area contributed by atoms with Gasteiger partial charge in [-0.3, -0.25) is 5.32 Å². The van der Waals surface area contributed by atoms with E-state index in [2.05, 4.69) is 16.3 Å². The highest BCUT2D eigenvalue weighted by atomic mass is 15.2. The van der Waals surface area contributed by atoms with Crippen molar-refractivity contribution in [3.63, 3.8) is 0 Å². The Kier molecular flexibility index (Phi) is 1.83. The lowest BCUT2D eigenvalue weighted by Crippen LogP contribution is -2.56. The summed E-state index contributed by atoms with van der Waals surface area (Å²) in [7, 11) is 0. The molecule has 1 aliphatic carbocycles. The molecule has 2 bridgehead atoms. The monoisotopic (exact) mass is 191 g/mol. The van der Waals surface area contributed by atoms with Crippen LogP contribution in [0.1, 0.15) is 25.7 Å². The number of hydrogen-bond donors (Lipinski definition) is 1. The molecule has 3 nitrogen and oxygen atoms in total. The molecule has 0 aromatic carbocycles. The fraction of sp³-hybridized carbons (Fsp3) is 0.909. The molecular formula is C11H17N3. The van der Waals surface area contributed by atoms with E-state index in [-0.39, 0.29) is 5.54 Å². The van der Waals surface area contributed by atoms with E-state index in [4.69, 9.17) is 0 Å². The van der Waals surface area contributed by atoms with E-state index in [0.717, 1.165) is 19.5 Å². The van der Waals surface area contributed by atoms with Crippen molar-refractivity contribution in [3.8, 4) is 6.07 Å². The summed E-state index contributed by atoms with van der Waals surface area (Å²) < 4.78 is 0. The first-order valence-corrected chi connectivity index (χ1v) is 5.74. The Morgan fingerprint density at radius 1 is 1.29 bits per heavy atom. The second-order valence-corrected chi connectivity index (χ2v) is 5.04. The highest BCUT2D eigenvalue weighted by Crippen LogP contribution is 2.37. The normalized spacial score (nSPS) is 46.2. The van der Waals surface area contributed by atoms with E-state index in [1.54, 1.807) is 0 Å². The van der Waals surface area contributed by atoms with Crippen LogP contribution >= 0.6 is 0 Å². The lowest BCUT2D eigenvalue weighted by molar-refractivity contribution is 0.173. The van der Waals surface area contributed by atoms with Gasteiger partial charge >= 0.3 is 0 Å². The van der Waals surface area contributed by atoms with Crippen LogP contribution in [0.4, 0.5) is 0 Å². The zero-order valence-electron chi connectivity index (χ0n) is 8.50. The predicted octanol–water partition coefficient (Wildman–Crippen LogP) is 0.726. The summed E-state index contributed by atoms with van der Waals surface area (Å²) in [6, 6.07) is 3.23. The van der Waals surface area contributed by atoms with Crippen molar-refractivity contribution >= 4 is 0 Å². The van der Waals surface area contributed by atoms with Gasteiger partial charge in [-0.1, -0.05) is 0 Å². The Balaban J connectivity index is 1.80. The van der Waals surface area contributed by atoms with Crippen LogP contribution in [0.3, 0.4) is 0 Å². The molecule has 3 unspecified atom stereocenters. The number of nitrogens with one attached hydrogen (secondary N) is 1. The fourth-order valence-electron chi connectivity index (χ4n) is 2.94. The molecular weight excluding hydrogens is 174 g/mol. The maximum atomic E-state index is 9.41. The van der Waals surface area contributed by atoms with Crippen molar-refractivity contribution in [1.29, 1.82) is 5.26 Å². The summed E-state index contributed by atoms with van der Waals surface area (Å²) in [4.78, 5) is 2.49. The molecule has 0 amide bonds. The second kappa shape index (κ2) is 2.95. The van der Waals surface area contributed by atoms with Gasteiger partial charge in [-0.05, 0) is 32.2 Å². The van der Waals surface area contributed by atoms with E-state index in [1.807, 2.05) is 0 Å². The van der Waals surface area contributed by atoms with Crippen molar-refractivity contribution in [2.24, 2.45) is 5.92 Å². The van der Waals surface area contributed by atoms with E-state index in [9.17, 15) is 5.26 Å². The Morgan fingerprint density at radius 2 is 2.14 bits per heavy atom. The van der Waals surface area contributed by atoms with Gasteiger partial charge in [0.2, 0.25) is 0 Å². The van der Waals surface area contributed by atoms with Gasteiger partial charge in [0.25, 0.3) is 0 Å². The summed E-state index contributed by atoms with van der Waals surface area (Å²) >= 11 is 0. The smallest absolute Gasteiger partial charge is 0.112 e. The predicted molar refractivity (Wildman–Crippen MR) is 53.7 cm³/mol. The fourth-order valence-corrected chi connectivity index (χ4v) is 2.94. The van der Waals surface area contributed by atoms with Gasteiger partial charge in [0.1, 0.15) is 5.54 Å². The third-order valence-electron chi connectivity index (χ3n) is 4.03. The highest BCUT2D eigenvalue weighted by molar-refractivity contribution is 5.17. The summed E-state index contributed by atoms with van der Waals surface area (Å²) in [5.41, 5.74) is -0.172. The summed E-state index contributed by atoms with van der Waals surface area (Å²) in [5, 5.41) is 13.0. The number of hydrogen-bond acceptors (Lipinski definition) is 3.